The molecule has 0 aromatic heterocycles. The van der Waals surface area contributed by atoms with Gasteiger partial charge in [-0.25, -0.2) is 19.2 Å². The minimum atomic E-state index is -2.79. The van der Waals surface area contributed by atoms with Gasteiger partial charge in [-0.2, -0.15) is 0 Å². The summed E-state index contributed by atoms with van der Waals surface area (Å²) in [4.78, 5) is 52.1. The Hall–Kier alpha value is -1.10. The number of hydrogen-bond donors (Lipinski definition) is 0. The van der Waals surface area contributed by atoms with Crippen molar-refractivity contribution in [3.8, 4) is 0 Å². The monoisotopic (exact) mass is 818 g/mol. The molecule has 0 atom stereocenters. The van der Waals surface area contributed by atoms with E-state index in [-0.39, 0.29) is 25.9 Å². The summed E-state index contributed by atoms with van der Waals surface area (Å²) in [6.07, 6.45) is 4.11. The van der Waals surface area contributed by atoms with E-state index in [0.29, 0.717) is 30.6 Å². The molecule has 0 aromatic rings. The predicted molar refractivity (Wildman–Crippen MR) is 206 cm³/mol. The van der Waals surface area contributed by atoms with Crippen molar-refractivity contribution in [1.82, 2.24) is 0 Å². The summed E-state index contributed by atoms with van der Waals surface area (Å²) in [7, 11) is -5.57. The van der Waals surface area contributed by atoms with Gasteiger partial charge in [-0.1, -0.05) is 69.5 Å². The number of carbonyl (C=O) groups excluding carboxylic acids is 4. The summed E-state index contributed by atoms with van der Waals surface area (Å²) >= 11 is 0. The highest BCUT2D eigenvalue weighted by Crippen LogP contribution is 2.40. The van der Waals surface area contributed by atoms with Gasteiger partial charge in [-0.05, 0) is 13.3 Å². The standard InChI is InChI=1S/C28H62O14Si7/c1-11-13-22(29)36-17-12-18-49(19-14-26(37-43-5,38-44-6)23(30)33-2,20-15-27(39-45-7,40-46-8)24(31)34-3)21-16-28(41-47-9,42-48-10)25(32)35-4/h11,13H,12,14-21,43-48H2,1-10H3. The van der Waals surface area contributed by atoms with Crippen molar-refractivity contribution in [2.75, 3.05) is 27.9 Å². The average molecular weight is 819 g/mol. The number of allylic oxidation sites excluding steroid dienone is 1. The van der Waals surface area contributed by atoms with E-state index in [1.165, 1.54) is 27.4 Å². The molecule has 286 valence electrons. The van der Waals surface area contributed by atoms with Crippen LogP contribution in [0.25, 0.3) is 0 Å². The number of hydrogen-bond acceptors (Lipinski definition) is 14. The smallest absolute Gasteiger partial charge is 0.364 e. The zero-order valence-corrected chi connectivity index (χ0v) is 41.0. The van der Waals surface area contributed by atoms with Crippen LogP contribution in [0.5, 0.6) is 0 Å². The molecule has 0 saturated heterocycles. The highest BCUT2D eigenvalue weighted by atomic mass is 28.3. The van der Waals surface area contributed by atoms with E-state index in [1.807, 2.05) is 39.3 Å². The second kappa shape index (κ2) is 25.8. The molecule has 0 fully saturated rings. The molecule has 0 aliphatic rings. The molecule has 0 heterocycles. The van der Waals surface area contributed by atoms with Crippen molar-refractivity contribution in [3.63, 3.8) is 0 Å². The number of esters is 4. The highest BCUT2D eigenvalue weighted by Gasteiger charge is 2.49. The molecule has 0 aromatic carbocycles. The average Bonchev–Trinajstić information content (AvgIpc) is 3.09. The van der Waals surface area contributed by atoms with Crippen molar-refractivity contribution in [2.24, 2.45) is 0 Å². The lowest BCUT2D eigenvalue weighted by Gasteiger charge is -2.41. The topological polar surface area (TPSA) is 161 Å². The van der Waals surface area contributed by atoms with Gasteiger partial charge in [0.05, 0.1) is 36.0 Å². The second-order valence-electron chi connectivity index (χ2n) is 11.1. The molecule has 49 heavy (non-hydrogen) atoms. The van der Waals surface area contributed by atoms with Crippen LogP contribution in [0.1, 0.15) is 32.6 Å². The Labute approximate surface area is 307 Å². The van der Waals surface area contributed by atoms with Gasteiger partial charge >= 0.3 is 23.9 Å². The molecule has 0 aliphatic carbocycles. The number of carbonyl (C=O) groups is 4. The lowest BCUT2D eigenvalue weighted by Crippen LogP contribution is -2.52. The van der Waals surface area contributed by atoms with Gasteiger partial charge in [0.25, 0.3) is 0 Å². The summed E-state index contributed by atoms with van der Waals surface area (Å²) in [6.45, 7) is 13.4. The molecule has 0 radical (unpaired) electrons. The van der Waals surface area contributed by atoms with Crippen molar-refractivity contribution in [1.29, 1.82) is 0 Å². The van der Waals surface area contributed by atoms with Gasteiger partial charge in [-0.3, -0.25) is 0 Å². The normalized spacial score (nSPS) is 18.0. The fourth-order valence-corrected chi connectivity index (χ4v) is 16.3. The minimum Gasteiger partial charge on any atom is -0.465 e. The lowest BCUT2D eigenvalue weighted by atomic mass is 10.2. The first-order valence-corrected chi connectivity index (χ1v) is 32.0. The summed E-state index contributed by atoms with van der Waals surface area (Å²) in [5, 5.41) is 0. The molecule has 0 spiro atoms. The van der Waals surface area contributed by atoms with Crippen LogP contribution < -0.4 is 0 Å². The molecule has 0 aliphatic heterocycles. The van der Waals surface area contributed by atoms with Gasteiger partial charge in [-0.15, -0.1) is 0 Å². The molecule has 0 amide bonds. The Morgan fingerprint density at radius 3 is 1.10 bits per heavy atom. The Bertz CT molecular complexity index is 904. The SMILES string of the molecule is CC=CC(=O)OCCC[Si](CCC(O[SiH2]C)(O[SiH2]C)C(=O)OC)(CCC(O[SiH2]C)(O[SiH2]C)C(=O)OC)CCC(O[SiH2]C)(O[SiH2]C)C(=O)OC. The van der Waals surface area contributed by atoms with Crippen LogP contribution in [-0.4, -0.2) is 136 Å². The molecular formula is C28H62O14Si7. The van der Waals surface area contributed by atoms with Crippen molar-refractivity contribution < 1.29 is 64.7 Å². The van der Waals surface area contributed by atoms with Gasteiger partial charge in [0, 0.05) is 25.3 Å². The van der Waals surface area contributed by atoms with E-state index in [1.54, 1.807) is 13.0 Å². The lowest BCUT2D eigenvalue weighted by molar-refractivity contribution is -0.191. The maximum atomic E-state index is 13.3. The third-order valence-electron chi connectivity index (χ3n) is 8.11. The molecule has 0 saturated carbocycles. The maximum Gasteiger partial charge on any atom is 0.364 e. The third-order valence-corrected chi connectivity index (χ3v) is 18.0. The Morgan fingerprint density at radius 2 is 0.857 bits per heavy atom. The van der Waals surface area contributed by atoms with Gasteiger partial charge in [0.1, 0.15) is 0 Å². The van der Waals surface area contributed by atoms with Crippen LogP contribution in [0.3, 0.4) is 0 Å². The summed E-state index contributed by atoms with van der Waals surface area (Å²) in [5.74, 6) is -6.86. The molecule has 0 bridgehead atoms. The first-order chi connectivity index (χ1) is 23.4. The maximum absolute atomic E-state index is 13.3. The minimum absolute atomic E-state index is 0.161. The Kier molecular flexibility index (Phi) is 25.2. The van der Waals surface area contributed by atoms with Crippen LogP contribution in [0.2, 0.25) is 63.5 Å². The predicted octanol–water partition coefficient (Wildman–Crippen LogP) is -0.386. The summed E-state index contributed by atoms with van der Waals surface area (Å²) in [5.41, 5.74) is 0. The highest BCUT2D eigenvalue weighted by molar-refractivity contribution is 6.80. The van der Waals surface area contributed by atoms with E-state index >= 15 is 0 Å². The third kappa shape index (κ3) is 15.2. The van der Waals surface area contributed by atoms with Crippen molar-refractivity contribution in [3.05, 3.63) is 12.2 Å². The first-order valence-electron chi connectivity index (χ1n) is 17.3. The van der Waals surface area contributed by atoms with Crippen molar-refractivity contribution in [2.45, 2.75) is 113 Å². The Morgan fingerprint density at radius 1 is 0.551 bits per heavy atom. The van der Waals surface area contributed by atoms with Gasteiger partial charge < -0.3 is 45.5 Å². The van der Waals surface area contributed by atoms with Crippen molar-refractivity contribution >= 4 is 90.5 Å². The Balaban J connectivity index is 7.31. The molecule has 0 rings (SSSR count). The van der Waals surface area contributed by atoms with E-state index < -0.39 is 108 Å². The first kappa shape index (κ1) is 47.9. The largest absolute Gasteiger partial charge is 0.465 e. The zero-order valence-electron chi connectivity index (χ0n) is 31.5. The quantitative estimate of drug-likeness (QED) is 0.0240. The van der Waals surface area contributed by atoms with Crippen LogP contribution in [0, 0.1) is 0 Å². The van der Waals surface area contributed by atoms with E-state index in [2.05, 4.69) is 0 Å². The number of ether oxygens (including phenoxy) is 4. The summed E-state index contributed by atoms with van der Waals surface area (Å²) < 4.78 is 58.0. The van der Waals surface area contributed by atoms with Gasteiger partial charge in [0.2, 0.25) is 17.4 Å². The molecule has 14 nitrogen and oxygen atoms in total. The van der Waals surface area contributed by atoms with Crippen LogP contribution in [0.4, 0.5) is 0 Å². The number of rotatable bonds is 29. The zero-order chi connectivity index (χ0) is 37.4. The molecular weight excluding hydrogens is 757 g/mol. The van der Waals surface area contributed by atoms with E-state index in [4.69, 9.17) is 45.5 Å². The second-order valence-corrected chi connectivity index (χ2v) is 21.3. The van der Waals surface area contributed by atoms with Crippen LogP contribution >= 0.6 is 0 Å². The fourth-order valence-electron chi connectivity index (χ4n) is 5.93. The molecule has 0 N–H and O–H groups in total. The van der Waals surface area contributed by atoms with Gasteiger partial charge in [0.15, 0.2) is 58.6 Å². The summed E-state index contributed by atoms with van der Waals surface area (Å²) in [6, 6.07) is 2.07. The fraction of sp³-hybridized carbons (Fsp3) is 0.786. The van der Waals surface area contributed by atoms with E-state index in [0.717, 1.165) is 0 Å². The molecule has 21 heteroatoms. The van der Waals surface area contributed by atoms with Crippen LogP contribution in [0.15, 0.2) is 12.2 Å². The van der Waals surface area contributed by atoms with Crippen LogP contribution in [-0.2, 0) is 64.7 Å². The number of methoxy groups -OCH3 is 3. The molecule has 0 unspecified atom stereocenters. The van der Waals surface area contributed by atoms with E-state index in [9.17, 15) is 19.2 Å².